The molecule has 2 atom stereocenters. The number of aliphatic imine (C=N–C) groups is 1. The molecule has 6 heteroatoms. The van der Waals surface area contributed by atoms with E-state index in [1.807, 2.05) is 6.07 Å². The van der Waals surface area contributed by atoms with Gasteiger partial charge in [0.1, 0.15) is 5.76 Å². The van der Waals surface area contributed by atoms with Crippen molar-refractivity contribution in [2.45, 2.75) is 45.6 Å². The first-order valence-corrected chi connectivity index (χ1v) is 10.8. The summed E-state index contributed by atoms with van der Waals surface area (Å²) in [5.41, 5.74) is 0. The number of furan rings is 1. The van der Waals surface area contributed by atoms with Crippen molar-refractivity contribution >= 4 is 5.96 Å². The van der Waals surface area contributed by atoms with Crippen molar-refractivity contribution < 1.29 is 4.42 Å². The monoisotopic (exact) mass is 375 g/mol. The van der Waals surface area contributed by atoms with E-state index in [9.17, 15) is 0 Å². The van der Waals surface area contributed by atoms with Crippen molar-refractivity contribution in [1.82, 2.24) is 20.4 Å². The molecule has 27 heavy (non-hydrogen) atoms. The number of likely N-dealkylation sites (tertiary alicyclic amines) is 2. The van der Waals surface area contributed by atoms with Gasteiger partial charge in [-0.2, -0.15) is 0 Å². The zero-order valence-electron chi connectivity index (χ0n) is 17.1. The topological polar surface area (TPSA) is 56.0 Å². The predicted octanol–water partition coefficient (Wildman–Crippen LogP) is 2.70. The summed E-state index contributed by atoms with van der Waals surface area (Å²) >= 11 is 0. The summed E-state index contributed by atoms with van der Waals surface area (Å²) in [5, 5.41) is 7.00. The number of nitrogens with zero attached hydrogens (tertiary/aromatic N) is 3. The molecule has 3 rings (SSSR count). The van der Waals surface area contributed by atoms with Gasteiger partial charge in [-0.15, -0.1) is 0 Å². The van der Waals surface area contributed by atoms with Crippen molar-refractivity contribution in [2.24, 2.45) is 10.9 Å². The van der Waals surface area contributed by atoms with E-state index in [2.05, 4.69) is 40.3 Å². The molecule has 0 spiro atoms. The third-order valence-electron chi connectivity index (χ3n) is 5.83. The zero-order valence-corrected chi connectivity index (χ0v) is 17.1. The smallest absolute Gasteiger partial charge is 0.191 e. The molecular weight excluding hydrogens is 338 g/mol. The van der Waals surface area contributed by atoms with Crippen LogP contribution in [-0.2, 0) is 0 Å². The fourth-order valence-corrected chi connectivity index (χ4v) is 4.29. The minimum absolute atomic E-state index is 0.239. The van der Waals surface area contributed by atoms with Crippen LogP contribution in [-0.4, -0.2) is 68.1 Å². The Hall–Kier alpha value is -1.53. The summed E-state index contributed by atoms with van der Waals surface area (Å²) in [4.78, 5) is 9.98. The van der Waals surface area contributed by atoms with Gasteiger partial charge < -0.3 is 20.0 Å². The van der Waals surface area contributed by atoms with E-state index in [1.54, 1.807) is 6.26 Å². The molecule has 2 fully saturated rings. The van der Waals surface area contributed by atoms with Gasteiger partial charge in [0.25, 0.3) is 0 Å². The van der Waals surface area contributed by atoms with Gasteiger partial charge in [0, 0.05) is 19.6 Å². The Balaban J connectivity index is 1.58. The number of piperidine rings is 1. The van der Waals surface area contributed by atoms with Crippen LogP contribution in [0.25, 0.3) is 0 Å². The van der Waals surface area contributed by atoms with Crippen LogP contribution in [0.2, 0.25) is 0 Å². The number of hydrogen-bond donors (Lipinski definition) is 2. The summed E-state index contributed by atoms with van der Waals surface area (Å²) in [6, 6.07) is 4.30. The second-order valence-corrected chi connectivity index (χ2v) is 7.78. The first-order valence-electron chi connectivity index (χ1n) is 10.8. The molecule has 0 aromatic carbocycles. The zero-order chi connectivity index (χ0) is 18.9. The summed E-state index contributed by atoms with van der Waals surface area (Å²) < 4.78 is 5.72. The molecule has 6 nitrogen and oxygen atoms in total. The van der Waals surface area contributed by atoms with Crippen LogP contribution in [0.1, 0.15) is 51.3 Å². The quantitative estimate of drug-likeness (QED) is 0.540. The lowest BCUT2D eigenvalue weighted by Crippen LogP contribution is -2.44. The lowest BCUT2D eigenvalue weighted by Gasteiger charge is -2.32. The van der Waals surface area contributed by atoms with Gasteiger partial charge in [0.2, 0.25) is 0 Å². The Kier molecular flexibility index (Phi) is 8.02. The standard InChI is InChI=1S/C21H37N5O/c1-3-22-21(23-15-18-9-7-11-25(4-2)17-18)24-16-19(20-10-8-14-27-20)26-12-5-6-13-26/h8,10,14,18-19H,3-7,9,11-13,15-17H2,1-2H3,(H2,22,23,24). The lowest BCUT2D eigenvalue weighted by atomic mass is 9.98. The molecule has 1 aromatic heterocycles. The second-order valence-electron chi connectivity index (χ2n) is 7.78. The van der Waals surface area contributed by atoms with E-state index in [-0.39, 0.29) is 6.04 Å². The van der Waals surface area contributed by atoms with Gasteiger partial charge in [-0.1, -0.05) is 6.92 Å². The second kappa shape index (κ2) is 10.7. The average molecular weight is 376 g/mol. The van der Waals surface area contributed by atoms with E-state index in [1.165, 1.54) is 38.8 Å². The molecule has 2 aliphatic heterocycles. The van der Waals surface area contributed by atoms with Crippen LogP contribution >= 0.6 is 0 Å². The van der Waals surface area contributed by atoms with Crippen molar-refractivity contribution in [3.05, 3.63) is 24.2 Å². The molecule has 2 aliphatic rings. The molecule has 0 bridgehead atoms. The SMILES string of the molecule is CCNC(=NCC(c1ccco1)N1CCCC1)NCC1CCCN(CC)C1. The molecule has 2 N–H and O–H groups in total. The number of guanidine groups is 1. The van der Waals surface area contributed by atoms with Crippen LogP contribution < -0.4 is 10.6 Å². The Morgan fingerprint density at radius 3 is 2.78 bits per heavy atom. The van der Waals surface area contributed by atoms with E-state index in [4.69, 9.17) is 9.41 Å². The van der Waals surface area contributed by atoms with Gasteiger partial charge in [0.05, 0.1) is 18.8 Å². The highest BCUT2D eigenvalue weighted by atomic mass is 16.3. The first kappa shape index (κ1) is 20.2. The maximum Gasteiger partial charge on any atom is 0.191 e. The highest BCUT2D eigenvalue weighted by molar-refractivity contribution is 5.79. The van der Waals surface area contributed by atoms with Crippen LogP contribution in [0.3, 0.4) is 0 Å². The Morgan fingerprint density at radius 1 is 1.22 bits per heavy atom. The minimum atomic E-state index is 0.239. The van der Waals surface area contributed by atoms with Gasteiger partial charge in [-0.3, -0.25) is 9.89 Å². The van der Waals surface area contributed by atoms with Crippen LogP contribution in [0.5, 0.6) is 0 Å². The summed E-state index contributed by atoms with van der Waals surface area (Å²) in [6.07, 6.45) is 6.94. The van der Waals surface area contributed by atoms with Crippen molar-refractivity contribution in [3.8, 4) is 0 Å². The van der Waals surface area contributed by atoms with Gasteiger partial charge in [0.15, 0.2) is 5.96 Å². The average Bonchev–Trinajstić information content (AvgIpc) is 3.41. The van der Waals surface area contributed by atoms with Crippen LogP contribution in [0.4, 0.5) is 0 Å². The van der Waals surface area contributed by atoms with Crippen molar-refractivity contribution in [1.29, 1.82) is 0 Å². The largest absolute Gasteiger partial charge is 0.468 e. The maximum atomic E-state index is 5.72. The molecule has 2 saturated heterocycles. The lowest BCUT2D eigenvalue weighted by molar-refractivity contribution is 0.183. The highest BCUT2D eigenvalue weighted by Gasteiger charge is 2.25. The number of hydrogen-bond acceptors (Lipinski definition) is 4. The summed E-state index contributed by atoms with van der Waals surface area (Å²) in [5.74, 6) is 2.67. The molecule has 1 aromatic rings. The molecule has 0 aliphatic carbocycles. The number of rotatable bonds is 8. The Labute approximate surface area is 164 Å². The fourth-order valence-electron chi connectivity index (χ4n) is 4.29. The van der Waals surface area contributed by atoms with E-state index in [0.29, 0.717) is 5.92 Å². The predicted molar refractivity (Wildman–Crippen MR) is 111 cm³/mol. The third kappa shape index (κ3) is 5.98. The van der Waals surface area contributed by atoms with Gasteiger partial charge >= 0.3 is 0 Å². The summed E-state index contributed by atoms with van der Waals surface area (Å²) in [7, 11) is 0. The molecule has 0 amide bonds. The van der Waals surface area contributed by atoms with E-state index >= 15 is 0 Å². The van der Waals surface area contributed by atoms with Gasteiger partial charge in [-0.05, 0) is 76.8 Å². The summed E-state index contributed by atoms with van der Waals surface area (Å²) in [6.45, 7) is 12.9. The molecule has 2 unspecified atom stereocenters. The fraction of sp³-hybridized carbons (Fsp3) is 0.762. The first-order chi connectivity index (χ1) is 13.3. The molecule has 0 radical (unpaired) electrons. The third-order valence-corrected chi connectivity index (χ3v) is 5.83. The van der Waals surface area contributed by atoms with Gasteiger partial charge in [-0.25, -0.2) is 0 Å². The Bertz CT molecular complexity index is 553. The molecule has 3 heterocycles. The molecular formula is C21H37N5O. The van der Waals surface area contributed by atoms with E-state index < -0.39 is 0 Å². The van der Waals surface area contributed by atoms with Crippen LogP contribution in [0.15, 0.2) is 27.8 Å². The number of nitrogens with one attached hydrogen (secondary N) is 2. The Morgan fingerprint density at radius 2 is 2.07 bits per heavy atom. The van der Waals surface area contributed by atoms with Crippen LogP contribution in [0, 0.1) is 5.92 Å². The van der Waals surface area contributed by atoms with E-state index in [0.717, 1.165) is 51.0 Å². The highest BCUT2D eigenvalue weighted by Crippen LogP contribution is 2.25. The van der Waals surface area contributed by atoms with Crippen molar-refractivity contribution in [3.63, 3.8) is 0 Å². The normalized spacial score (nSPS) is 23.5. The molecule has 0 saturated carbocycles. The van der Waals surface area contributed by atoms with Crippen molar-refractivity contribution in [2.75, 3.05) is 52.4 Å². The molecule has 152 valence electrons. The minimum Gasteiger partial charge on any atom is -0.468 e. The maximum absolute atomic E-state index is 5.72.